The predicted octanol–water partition coefficient (Wildman–Crippen LogP) is 2.73. The summed E-state index contributed by atoms with van der Waals surface area (Å²) in [6.45, 7) is 1.54. The van der Waals surface area contributed by atoms with Crippen LogP contribution in [0.3, 0.4) is 0 Å². The Labute approximate surface area is 120 Å². The molecule has 0 aromatic heterocycles. The average Bonchev–Trinajstić information content (AvgIpc) is 2.75. The van der Waals surface area contributed by atoms with E-state index in [1.54, 1.807) is 19.1 Å². The van der Waals surface area contributed by atoms with E-state index < -0.39 is 0 Å². The molecule has 106 valence electrons. The molecule has 0 bridgehead atoms. The zero-order valence-electron chi connectivity index (χ0n) is 11.1. The lowest BCUT2D eigenvalue weighted by Gasteiger charge is -2.04. The second-order valence-corrected chi connectivity index (χ2v) is 4.77. The maximum Gasteiger partial charge on any atom is 0.232 e. The first-order valence-electron chi connectivity index (χ1n) is 6.26. The predicted molar refractivity (Wildman–Crippen MR) is 75.6 cm³/mol. The highest BCUT2D eigenvalue weighted by Gasteiger charge is 2.31. The number of rotatable bonds is 1. The molecule has 2 aromatic rings. The zero-order chi connectivity index (χ0) is 15.1. The number of allylic oxidation sites excluding steroid dienone is 1. The normalized spacial score (nSPS) is 15.1. The highest BCUT2D eigenvalue weighted by molar-refractivity contribution is 6.15. The van der Waals surface area contributed by atoms with E-state index in [1.807, 2.05) is 0 Å². The maximum atomic E-state index is 12.3. The summed E-state index contributed by atoms with van der Waals surface area (Å²) < 4.78 is 5.45. The van der Waals surface area contributed by atoms with Crippen molar-refractivity contribution in [3.63, 3.8) is 0 Å². The lowest BCUT2D eigenvalue weighted by Crippen LogP contribution is -1.99. The van der Waals surface area contributed by atoms with Crippen LogP contribution in [0.1, 0.15) is 21.5 Å². The lowest BCUT2D eigenvalue weighted by molar-refractivity contribution is 0.101. The number of carbonyl (C=O) groups is 1. The van der Waals surface area contributed by atoms with Crippen LogP contribution in [0.2, 0.25) is 0 Å². The molecule has 1 aliphatic rings. The molecule has 0 amide bonds. The van der Waals surface area contributed by atoms with Crippen molar-refractivity contribution in [2.45, 2.75) is 6.92 Å². The van der Waals surface area contributed by atoms with Gasteiger partial charge in [0.25, 0.3) is 0 Å². The molecule has 0 radical (unpaired) electrons. The lowest BCUT2D eigenvalue weighted by atomic mass is 10.0. The first kappa shape index (κ1) is 13.1. The summed E-state index contributed by atoms with van der Waals surface area (Å²) in [5.74, 6) is -0.557. The van der Waals surface area contributed by atoms with Gasteiger partial charge in [-0.25, -0.2) is 0 Å². The molecule has 1 aliphatic heterocycles. The van der Waals surface area contributed by atoms with E-state index in [-0.39, 0.29) is 45.7 Å². The highest BCUT2D eigenvalue weighted by Crippen LogP contribution is 2.42. The largest absolute Gasteiger partial charge is 0.508 e. The van der Waals surface area contributed by atoms with E-state index >= 15 is 0 Å². The Bertz CT molecular complexity index is 772. The molecule has 0 aliphatic carbocycles. The Hall–Kier alpha value is -2.95. The molecule has 0 unspecified atom stereocenters. The molecular formula is C16H12O5. The van der Waals surface area contributed by atoms with Crippen molar-refractivity contribution in [3.8, 4) is 23.0 Å². The van der Waals surface area contributed by atoms with Crippen LogP contribution >= 0.6 is 0 Å². The number of carbonyl (C=O) groups excluding carboxylic acids is 1. The van der Waals surface area contributed by atoms with Crippen LogP contribution in [0.4, 0.5) is 0 Å². The number of Topliss-reactive ketones (excluding diaryl/α,β-unsaturated/α-hetero) is 1. The highest BCUT2D eigenvalue weighted by atomic mass is 16.5. The summed E-state index contributed by atoms with van der Waals surface area (Å²) >= 11 is 0. The second-order valence-electron chi connectivity index (χ2n) is 4.77. The average molecular weight is 284 g/mol. The number of phenols is 3. The Morgan fingerprint density at radius 1 is 1.10 bits per heavy atom. The van der Waals surface area contributed by atoms with Crippen molar-refractivity contribution in [2.75, 3.05) is 0 Å². The number of fused-ring (bicyclic) bond motifs is 1. The summed E-state index contributed by atoms with van der Waals surface area (Å²) in [5, 5.41) is 28.5. The molecule has 1 heterocycles. The third kappa shape index (κ3) is 2.08. The van der Waals surface area contributed by atoms with Crippen molar-refractivity contribution in [3.05, 3.63) is 52.8 Å². The minimum Gasteiger partial charge on any atom is -0.508 e. The van der Waals surface area contributed by atoms with Gasteiger partial charge in [-0.1, -0.05) is 12.1 Å². The smallest absolute Gasteiger partial charge is 0.232 e. The van der Waals surface area contributed by atoms with E-state index in [0.29, 0.717) is 5.56 Å². The van der Waals surface area contributed by atoms with Gasteiger partial charge in [0.15, 0.2) is 17.3 Å². The van der Waals surface area contributed by atoms with Gasteiger partial charge in [0.2, 0.25) is 5.78 Å². The summed E-state index contributed by atoms with van der Waals surface area (Å²) in [5.41, 5.74) is 1.22. The van der Waals surface area contributed by atoms with Crippen LogP contribution in [-0.4, -0.2) is 21.1 Å². The second kappa shape index (κ2) is 4.56. The fourth-order valence-electron chi connectivity index (χ4n) is 2.23. The van der Waals surface area contributed by atoms with Crippen molar-refractivity contribution >= 4 is 11.9 Å². The van der Waals surface area contributed by atoms with Gasteiger partial charge >= 0.3 is 0 Å². The van der Waals surface area contributed by atoms with Crippen molar-refractivity contribution in [2.24, 2.45) is 0 Å². The van der Waals surface area contributed by atoms with Crippen molar-refractivity contribution in [1.29, 1.82) is 0 Å². The van der Waals surface area contributed by atoms with Crippen LogP contribution in [0.5, 0.6) is 23.0 Å². The van der Waals surface area contributed by atoms with E-state index in [9.17, 15) is 20.1 Å². The van der Waals surface area contributed by atoms with Crippen LogP contribution in [-0.2, 0) is 0 Å². The number of hydrogen-bond acceptors (Lipinski definition) is 5. The Morgan fingerprint density at radius 2 is 1.76 bits per heavy atom. The number of benzene rings is 2. The first-order valence-corrected chi connectivity index (χ1v) is 6.26. The SMILES string of the molecule is Cc1c(O)c(O)cc2c1C(=O)/C(=C/c1ccc(O)cc1)O2. The van der Waals surface area contributed by atoms with Crippen molar-refractivity contribution in [1.82, 2.24) is 0 Å². The number of ether oxygens (including phenoxy) is 1. The Morgan fingerprint density at radius 3 is 2.43 bits per heavy atom. The van der Waals surface area contributed by atoms with Gasteiger partial charge < -0.3 is 20.1 Å². The summed E-state index contributed by atoms with van der Waals surface area (Å²) in [4.78, 5) is 12.3. The fourth-order valence-corrected chi connectivity index (χ4v) is 2.23. The van der Waals surface area contributed by atoms with Crippen LogP contribution in [0.15, 0.2) is 36.1 Å². The minimum atomic E-state index is -0.356. The van der Waals surface area contributed by atoms with Gasteiger partial charge in [-0.2, -0.15) is 0 Å². The maximum absolute atomic E-state index is 12.3. The number of ketones is 1. The number of phenolic OH excluding ortho intramolecular Hbond substituents is 3. The molecule has 0 saturated carbocycles. The Kier molecular flexibility index (Phi) is 2.83. The van der Waals surface area contributed by atoms with Crippen LogP contribution in [0.25, 0.3) is 6.08 Å². The molecule has 0 fully saturated rings. The summed E-state index contributed by atoms with van der Waals surface area (Å²) in [6, 6.07) is 7.50. The number of aromatic hydroxyl groups is 3. The molecule has 0 spiro atoms. The van der Waals surface area contributed by atoms with E-state index in [4.69, 9.17) is 4.74 Å². The van der Waals surface area contributed by atoms with E-state index in [1.165, 1.54) is 24.3 Å². The number of hydrogen-bond donors (Lipinski definition) is 3. The topological polar surface area (TPSA) is 87.0 Å². The summed E-state index contributed by atoms with van der Waals surface area (Å²) in [7, 11) is 0. The van der Waals surface area contributed by atoms with Gasteiger partial charge in [-0.3, -0.25) is 4.79 Å². The van der Waals surface area contributed by atoms with Gasteiger partial charge in [0.05, 0.1) is 5.56 Å². The van der Waals surface area contributed by atoms with E-state index in [0.717, 1.165) is 0 Å². The van der Waals surface area contributed by atoms with Gasteiger partial charge in [-0.05, 0) is 30.7 Å². The first-order chi connectivity index (χ1) is 9.97. The monoisotopic (exact) mass is 284 g/mol. The molecular weight excluding hydrogens is 272 g/mol. The Balaban J connectivity index is 2.04. The van der Waals surface area contributed by atoms with Gasteiger partial charge in [-0.15, -0.1) is 0 Å². The van der Waals surface area contributed by atoms with E-state index in [2.05, 4.69) is 0 Å². The molecule has 0 atom stereocenters. The third-order valence-corrected chi connectivity index (χ3v) is 3.35. The molecule has 0 saturated heterocycles. The van der Waals surface area contributed by atoms with Gasteiger partial charge in [0, 0.05) is 11.6 Å². The van der Waals surface area contributed by atoms with Gasteiger partial charge in [0.1, 0.15) is 11.5 Å². The molecule has 2 aromatic carbocycles. The molecule has 21 heavy (non-hydrogen) atoms. The molecule has 5 heteroatoms. The van der Waals surface area contributed by atoms with Crippen molar-refractivity contribution < 1.29 is 24.9 Å². The fraction of sp³-hybridized carbons (Fsp3) is 0.0625. The standard InChI is InChI=1S/C16H12O5/c1-8-14-12(7-11(18)15(8)19)21-13(16(14)20)6-9-2-4-10(17)5-3-9/h2-7,17-19H,1H3/b13-6-. The molecule has 3 rings (SSSR count). The minimum absolute atomic E-state index is 0.101. The quantitative estimate of drug-likeness (QED) is 0.553. The van der Waals surface area contributed by atoms with Crippen LogP contribution < -0.4 is 4.74 Å². The zero-order valence-corrected chi connectivity index (χ0v) is 11.1. The molecule has 5 nitrogen and oxygen atoms in total. The summed E-state index contributed by atoms with van der Waals surface area (Å²) in [6.07, 6.45) is 1.54. The third-order valence-electron chi connectivity index (χ3n) is 3.35. The molecule has 3 N–H and O–H groups in total. The van der Waals surface area contributed by atoms with Crippen LogP contribution in [0, 0.1) is 6.92 Å².